The molecule has 3 heteroatoms. The number of piperidine rings is 1. The molecule has 1 fully saturated rings. The Morgan fingerprint density at radius 3 is 3.13 bits per heavy atom. The van der Waals surface area contributed by atoms with Crippen LogP contribution < -0.4 is 5.32 Å². The van der Waals surface area contributed by atoms with Crippen molar-refractivity contribution < 1.29 is 9.21 Å². The molecule has 0 spiro atoms. The molecule has 1 atom stereocenters. The molecule has 1 aromatic rings. The fourth-order valence-corrected chi connectivity index (χ4v) is 2.04. The third-order valence-corrected chi connectivity index (χ3v) is 2.93. The zero-order valence-electron chi connectivity index (χ0n) is 8.87. The monoisotopic (exact) mass is 207 g/mol. The fraction of sp³-hybridized carbons (Fsp3) is 0.583. The van der Waals surface area contributed by atoms with E-state index in [4.69, 9.17) is 4.42 Å². The summed E-state index contributed by atoms with van der Waals surface area (Å²) < 4.78 is 5.07. The molecule has 0 bridgehead atoms. The molecule has 0 radical (unpaired) electrons. The Morgan fingerprint density at radius 1 is 1.53 bits per heavy atom. The minimum atomic E-state index is 0.118. The van der Waals surface area contributed by atoms with Gasteiger partial charge in [-0.3, -0.25) is 4.79 Å². The number of ketones is 1. The van der Waals surface area contributed by atoms with Crippen LogP contribution in [0.15, 0.2) is 22.8 Å². The van der Waals surface area contributed by atoms with Crippen LogP contribution in [-0.2, 0) is 0 Å². The second-order valence-electron chi connectivity index (χ2n) is 4.09. The smallest absolute Gasteiger partial charge is 0.198 e. The van der Waals surface area contributed by atoms with Crippen LogP contribution in [0.3, 0.4) is 0 Å². The summed E-state index contributed by atoms with van der Waals surface area (Å²) in [6.07, 6.45) is 6.82. The number of carbonyl (C=O) groups is 1. The molecule has 1 unspecified atom stereocenters. The van der Waals surface area contributed by atoms with E-state index in [1.807, 2.05) is 0 Å². The highest BCUT2D eigenvalue weighted by molar-refractivity contribution is 5.93. The molecule has 0 amide bonds. The van der Waals surface area contributed by atoms with Crippen LogP contribution in [0.2, 0.25) is 0 Å². The minimum absolute atomic E-state index is 0.118. The third kappa shape index (κ3) is 2.93. The van der Waals surface area contributed by atoms with Crippen LogP contribution in [0.4, 0.5) is 0 Å². The van der Waals surface area contributed by atoms with E-state index in [1.54, 1.807) is 18.4 Å². The Hall–Kier alpha value is -1.09. The first-order valence-electron chi connectivity index (χ1n) is 5.66. The number of rotatable bonds is 4. The molecule has 0 aromatic carbocycles. The van der Waals surface area contributed by atoms with Crippen molar-refractivity contribution in [3.8, 4) is 0 Å². The van der Waals surface area contributed by atoms with Gasteiger partial charge in [0.2, 0.25) is 0 Å². The quantitative estimate of drug-likeness (QED) is 0.771. The highest BCUT2D eigenvalue weighted by Crippen LogP contribution is 2.14. The van der Waals surface area contributed by atoms with Crippen LogP contribution in [0, 0.1) is 0 Å². The largest absolute Gasteiger partial charge is 0.461 e. The van der Waals surface area contributed by atoms with E-state index in [-0.39, 0.29) is 5.78 Å². The van der Waals surface area contributed by atoms with Crippen molar-refractivity contribution in [3.63, 3.8) is 0 Å². The first kappa shape index (κ1) is 10.4. The summed E-state index contributed by atoms with van der Waals surface area (Å²) in [4.78, 5) is 11.6. The van der Waals surface area contributed by atoms with Gasteiger partial charge in [-0.25, -0.2) is 0 Å². The Kier molecular flexibility index (Phi) is 3.56. The number of nitrogens with one attached hydrogen (secondary N) is 1. The van der Waals surface area contributed by atoms with Gasteiger partial charge in [0.05, 0.1) is 6.26 Å². The van der Waals surface area contributed by atoms with Crippen molar-refractivity contribution in [2.75, 3.05) is 6.54 Å². The SMILES string of the molecule is O=C(CCC1CCCCN1)c1ccco1. The van der Waals surface area contributed by atoms with E-state index < -0.39 is 0 Å². The average Bonchev–Trinajstić information content (AvgIpc) is 2.81. The number of furan rings is 1. The highest BCUT2D eigenvalue weighted by Gasteiger charge is 2.15. The molecule has 3 nitrogen and oxygen atoms in total. The summed E-state index contributed by atoms with van der Waals surface area (Å²) >= 11 is 0. The second-order valence-corrected chi connectivity index (χ2v) is 4.09. The van der Waals surface area contributed by atoms with Gasteiger partial charge in [-0.15, -0.1) is 0 Å². The van der Waals surface area contributed by atoms with Gasteiger partial charge in [-0.2, -0.15) is 0 Å². The molecule has 2 rings (SSSR count). The molecule has 0 aliphatic carbocycles. The van der Waals surface area contributed by atoms with Gasteiger partial charge in [0.1, 0.15) is 0 Å². The summed E-state index contributed by atoms with van der Waals surface area (Å²) in [7, 11) is 0. The molecule has 0 saturated carbocycles. The lowest BCUT2D eigenvalue weighted by atomic mass is 9.99. The van der Waals surface area contributed by atoms with Crippen molar-refractivity contribution in [2.24, 2.45) is 0 Å². The molecule has 1 saturated heterocycles. The lowest BCUT2D eigenvalue weighted by Crippen LogP contribution is -2.34. The molecule has 1 N–H and O–H groups in total. The number of hydrogen-bond acceptors (Lipinski definition) is 3. The maximum atomic E-state index is 11.6. The molecular formula is C12H17NO2. The summed E-state index contributed by atoms with van der Waals surface area (Å²) in [5, 5.41) is 3.44. The topological polar surface area (TPSA) is 42.2 Å². The van der Waals surface area contributed by atoms with Gasteiger partial charge in [-0.1, -0.05) is 6.42 Å². The molecule has 82 valence electrons. The first-order chi connectivity index (χ1) is 7.36. The van der Waals surface area contributed by atoms with E-state index in [1.165, 1.54) is 19.3 Å². The normalized spacial score (nSPS) is 21.5. The van der Waals surface area contributed by atoms with E-state index in [2.05, 4.69) is 5.32 Å². The first-order valence-corrected chi connectivity index (χ1v) is 5.66. The van der Waals surface area contributed by atoms with E-state index in [0.29, 0.717) is 18.2 Å². The van der Waals surface area contributed by atoms with Gasteiger partial charge < -0.3 is 9.73 Å². The van der Waals surface area contributed by atoms with Crippen LogP contribution in [0.25, 0.3) is 0 Å². The van der Waals surface area contributed by atoms with Gasteiger partial charge in [0, 0.05) is 12.5 Å². The lowest BCUT2D eigenvalue weighted by molar-refractivity contribution is 0.0947. The Balaban J connectivity index is 1.75. The molecule has 2 heterocycles. The van der Waals surface area contributed by atoms with E-state index >= 15 is 0 Å². The van der Waals surface area contributed by atoms with Crippen molar-refractivity contribution in [1.29, 1.82) is 0 Å². The summed E-state index contributed by atoms with van der Waals surface area (Å²) in [6, 6.07) is 4.01. The average molecular weight is 207 g/mol. The molecule has 1 aliphatic heterocycles. The van der Waals surface area contributed by atoms with Crippen molar-refractivity contribution in [3.05, 3.63) is 24.2 Å². The summed E-state index contributed by atoms with van der Waals surface area (Å²) in [6.45, 7) is 1.10. The Bertz CT molecular complexity index is 299. The van der Waals surface area contributed by atoms with Crippen LogP contribution in [0.5, 0.6) is 0 Å². The number of hydrogen-bond donors (Lipinski definition) is 1. The zero-order chi connectivity index (χ0) is 10.5. The lowest BCUT2D eigenvalue weighted by Gasteiger charge is -2.22. The van der Waals surface area contributed by atoms with Gasteiger partial charge in [0.15, 0.2) is 11.5 Å². The maximum Gasteiger partial charge on any atom is 0.198 e. The number of Topliss-reactive ketones (excluding diaryl/α,β-unsaturated/α-hetero) is 1. The number of carbonyl (C=O) groups excluding carboxylic acids is 1. The molecule has 1 aromatic heterocycles. The van der Waals surface area contributed by atoms with Gasteiger partial charge in [-0.05, 0) is 37.9 Å². The Labute approximate surface area is 89.9 Å². The van der Waals surface area contributed by atoms with E-state index in [0.717, 1.165) is 13.0 Å². The van der Waals surface area contributed by atoms with Crippen molar-refractivity contribution in [2.45, 2.75) is 38.1 Å². The standard InChI is InChI=1S/C12H17NO2/c14-11(12-5-3-9-15-12)7-6-10-4-1-2-8-13-10/h3,5,9-10,13H,1-2,4,6-8H2. The summed E-state index contributed by atoms with van der Waals surface area (Å²) in [5.41, 5.74) is 0. The fourth-order valence-electron chi connectivity index (χ4n) is 2.04. The third-order valence-electron chi connectivity index (χ3n) is 2.93. The van der Waals surface area contributed by atoms with Crippen LogP contribution in [-0.4, -0.2) is 18.4 Å². The molecule has 1 aliphatic rings. The highest BCUT2D eigenvalue weighted by atomic mass is 16.3. The van der Waals surface area contributed by atoms with Gasteiger partial charge in [0.25, 0.3) is 0 Å². The van der Waals surface area contributed by atoms with Crippen molar-refractivity contribution >= 4 is 5.78 Å². The predicted octanol–water partition coefficient (Wildman–Crippen LogP) is 2.38. The maximum absolute atomic E-state index is 11.6. The van der Waals surface area contributed by atoms with Gasteiger partial charge >= 0.3 is 0 Å². The molecule has 15 heavy (non-hydrogen) atoms. The zero-order valence-corrected chi connectivity index (χ0v) is 8.87. The van der Waals surface area contributed by atoms with Crippen LogP contribution >= 0.6 is 0 Å². The second kappa shape index (κ2) is 5.12. The van der Waals surface area contributed by atoms with Crippen molar-refractivity contribution in [1.82, 2.24) is 5.32 Å². The Morgan fingerprint density at radius 2 is 2.47 bits per heavy atom. The summed E-state index contributed by atoms with van der Waals surface area (Å²) in [5.74, 6) is 0.609. The van der Waals surface area contributed by atoms with Crippen LogP contribution in [0.1, 0.15) is 42.7 Å². The van der Waals surface area contributed by atoms with E-state index in [9.17, 15) is 4.79 Å². The minimum Gasteiger partial charge on any atom is -0.461 e. The predicted molar refractivity (Wildman–Crippen MR) is 57.9 cm³/mol. The molecular weight excluding hydrogens is 190 g/mol.